The van der Waals surface area contributed by atoms with Crippen molar-refractivity contribution in [2.75, 3.05) is 13.2 Å². The molecule has 0 spiro atoms. The van der Waals surface area contributed by atoms with Crippen LogP contribution in [0.15, 0.2) is 0 Å². The molecule has 2 atom stereocenters. The highest BCUT2D eigenvalue weighted by Crippen LogP contribution is 2.19. The zero-order chi connectivity index (χ0) is 13.7. The summed E-state index contributed by atoms with van der Waals surface area (Å²) in [6.07, 6.45) is 1.75. The van der Waals surface area contributed by atoms with Gasteiger partial charge in [0.25, 0.3) is 0 Å². The molecular formula is C13H23FN2O2. The fourth-order valence-electron chi connectivity index (χ4n) is 2.29. The van der Waals surface area contributed by atoms with Crippen LogP contribution in [-0.2, 0) is 9.59 Å². The average molecular weight is 258 g/mol. The van der Waals surface area contributed by atoms with Crippen molar-refractivity contribution < 1.29 is 14.0 Å². The molecule has 4 nitrogen and oxygen atoms in total. The molecule has 0 aromatic heterocycles. The minimum absolute atomic E-state index is 0.0527. The summed E-state index contributed by atoms with van der Waals surface area (Å²) in [6, 6.07) is -0.894. The Balaban J connectivity index is 2.85. The molecule has 1 aliphatic rings. The van der Waals surface area contributed by atoms with Crippen LogP contribution in [0.5, 0.6) is 0 Å². The van der Waals surface area contributed by atoms with Gasteiger partial charge in [-0.15, -0.1) is 0 Å². The summed E-state index contributed by atoms with van der Waals surface area (Å²) in [5.74, 6) is -0.123. The largest absolute Gasteiger partial charge is 0.342 e. The average Bonchev–Trinajstić information content (AvgIpc) is 2.32. The smallest absolute Gasteiger partial charge is 0.246 e. The molecule has 104 valence electrons. The minimum Gasteiger partial charge on any atom is -0.342 e. The van der Waals surface area contributed by atoms with Gasteiger partial charge in [-0.1, -0.05) is 27.2 Å². The maximum Gasteiger partial charge on any atom is 0.246 e. The van der Waals surface area contributed by atoms with E-state index in [1.165, 1.54) is 0 Å². The topological polar surface area (TPSA) is 49.4 Å². The Morgan fingerprint density at radius 2 is 2.06 bits per heavy atom. The monoisotopic (exact) mass is 258 g/mol. The SMILES string of the molecule is CCCC1C(=O)NC(C(C)C)C(=O)N1CCCF. The molecule has 2 unspecified atom stereocenters. The van der Waals surface area contributed by atoms with Gasteiger partial charge in [0.2, 0.25) is 11.8 Å². The van der Waals surface area contributed by atoms with Crippen LogP contribution in [-0.4, -0.2) is 42.0 Å². The lowest BCUT2D eigenvalue weighted by atomic mass is 9.96. The van der Waals surface area contributed by atoms with E-state index in [-0.39, 0.29) is 17.7 Å². The van der Waals surface area contributed by atoms with Crippen molar-refractivity contribution in [3.05, 3.63) is 0 Å². The number of nitrogens with zero attached hydrogens (tertiary/aromatic N) is 1. The molecule has 1 fully saturated rings. The summed E-state index contributed by atoms with van der Waals surface area (Å²) in [5.41, 5.74) is 0. The second-order valence-electron chi connectivity index (χ2n) is 5.11. The summed E-state index contributed by atoms with van der Waals surface area (Å²) in [6.45, 7) is 5.64. The lowest BCUT2D eigenvalue weighted by Gasteiger charge is -2.40. The number of amides is 2. The summed E-state index contributed by atoms with van der Waals surface area (Å²) < 4.78 is 12.3. The van der Waals surface area contributed by atoms with E-state index in [0.717, 1.165) is 6.42 Å². The third-order valence-electron chi connectivity index (χ3n) is 3.29. The first-order chi connectivity index (χ1) is 8.52. The van der Waals surface area contributed by atoms with Gasteiger partial charge in [0.1, 0.15) is 12.1 Å². The summed E-state index contributed by atoms with van der Waals surface area (Å²) in [5, 5.41) is 2.78. The van der Waals surface area contributed by atoms with Crippen LogP contribution in [0.25, 0.3) is 0 Å². The number of nitrogens with one attached hydrogen (secondary N) is 1. The Bertz CT molecular complexity index is 307. The second-order valence-corrected chi connectivity index (χ2v) is 5.11. The molecule has 0 bridgehead atoms. The van der Waals surface area contributed by atoms with Crippen LogP contribution in [0, 0.1) is 5.92 Å². The standard InChI is InChI=1S/C13H23FN2O2/c1-4-6-10-12(17)15-11(9(2)3)13(18)16(10)8-5-7-14/h9-11H,4-8H2,1-3H3,(H,15,17). The van der Waals surface area contributed by atoms with E-state index < -0.39 is 18.8 Å². The van der Waals surface area contributed by atoms with Gasteiger partial charge in [-0.25, -0.2) is 0 Å². The van der Waals surface area contributed by atoms with E-state index in [1.54, 1.807) is 4.90 Å². The Hall–Kier alpha value is -1.13. The highest BCUT2D eigenvalue weighted by molar-refractivity contribution is 5.97. The predicted octanol–water partition coefficient (Wildman–Crippen LogP) is 1.50. The van der Waals surface area contributed by atoms with Crippen LogP contribution in [0.1, 0.15) is 40.0 Å². The molecule has 1 N–H and O–H groups in total. The van der Waals surface area contributed by atoms with Crippen molar-refractivity contribution in [3.8, 4) is 0 Å². The second kappa shape index (κ2) is 6.71. The fraction of sp³-hybridized carbons (Fsp3) is 0.846. The van der Waals surface area contributed by atoms with Crippen molar-refractivity contribution in [1.82, 2.24) is 10.2 Å². The summed E-state index contributed by atoms with van der Waals surface area (Å²) >= 11 is 0. The molecule has 0 radical (unpaired) electrons. The maximum absolute atomic E-state index is 12.3. The fourth-order valence-corrected chi connectivity index (χ4v) is 2.29. The molecule has 2 amide bonds. The molecule has 0 aromatic rings. The van der Waals surface area contributed by atoms with Crippen molar-refractivity contribution in [1.29, 1.82) is 0 Å². The Labute approximate surface area is 108 Å². The normalized spacial score (nSPS) is 24.6. The number of carbonyl (C=O) groups excluding carboxylic acids is 2. The van der Waals surface area contributed by atoms with Gasteiger partial charge >= 0.3 is 0 Å². The highest BCUT2D eigenvalue weighted by Gasteiger charge is 2.40. The van der Waals surface area contributed by atoms with Gasteiger partial charge < -0.3 is 10.2 Å². The van der Waals surface area contributed by atoms with Crippen molar-refractivity contribution in [3.63, 3.8) is 0 Å². The Morgan fingerprint density at radius 3 is 2.56 bits per heavy atom. The molecule has 0 aromatic carbocycles. The minimum atomic E-state index is -0.467. The number of alkyl halides is 1. The van der Waals surface area contributed by atoms with Crippen LogP contribution in [0.4, 0.5) is 4.39 Å². The highest BCUT2D eigenvalue weighted by atomic mass is 19.1. The number of rotatable bonds is 6. The molecule has 1 heterocycles. The molecule has 1 aliphatic heterocycles. The van der Waals surface area contributed by atoms with Crippen molar-refractivity contribution in [2.45, 2.75) is 52.1 Å². The van der Waals surface area contributed by atoms with E-state index >= 15 is 0 Å². The van der Waals surface area contributed by atoms with Gasteiger partial charge in [-0.05, 0) is 18.8 Å². The number of hydrogen-bond donors (Lipinski definition) is 1. The van der Waals surface area contributed by atoms with E-state index in [9.17, 15) is 14.0 Å². The van der Waals surface area contributed by atoms with Gasteiger partial charge in [0.15, 0.2) is 0 Å². The van der Waals surface area contributed by atoms with Crippen LogP contribution >= 0.6 is 0 Å². The van der Waals surface area contributed by atoms with Gasteiger partial charge in [-0.2, -0.15) is 0 Å². The molecule has 18 heavy (non-hydrogen) atoms. The zero-order valence-corrected chi connectivity index (χ0v) is 11.4. The van der Waals surface area contributed by atoms with Crippen molar-refractivity contribution >= 4 is 11.8 Å². The van der Waals surface area contributed by atoms with Crippen LogP contribution in [0.2, 0.25) is 0 Å². The molecule has 5 heteroatoms. The summed E-state index contributed by atoms with van der Waals surface area (Å²) in [4.78, 5) is 25.9. The first kappa shape index (κ1) is 14.9. The van der Waals surface area contributed by atoms with E-state index in [1.807, 2.05) is 20.8 Å². The molecular weight excluding hydrogens is 235 g/mol. The van der Waals surface area contributed by atoms with E-state index in [4.69, 9.17) is 0 Å². The molecule has 0 aliphatic carbocycles. The lowest BCUT2D eigenvalue weighted by Crippen LogP contribution is -2.64. The number of carbonyl (C=O) groups is 2. The van der Waals surface area contributed by atoms with Gasteiger partial charge in [-0.3, -0.25) is 14.0 Å². The third-order valence-corrected chi connectivity index (χ3v) is 3.29. The van der Waals surface area contributed by atoms with E-state index in [0.29, 0.717) is 19.4 Å². The van der Waals surface area contributed by atoms with Crippen LogP contribution < -0.4 is 5.32 Å². The third kappa shape index (κ3) is 3.21. The molecule has 0 saturated carbocycles. The number of halogens is 1. The predicted molar refractivity (Wildman–Crippen MR) is 67.8 cm³/mol. The van der Waals surface area contributed by atoms with Gasteiger partial charge in [0, 0.05) is 6.54 Å². The zero-order valence-electron chi connectivity index (χ0n) is 11.4. The van der Waals surface area contributed by atoms with Gasteiger partial charge in [0.05, 0.1) is 6.67 Å². The first-order valence-corrected chi connectivity index (χ1v) is 6.69. The number of hydrogen-bond acceptors (Lipinski definition) is 2. The van der Waals surface area contributed by atoms with E-state index in [2.05, 4.69) is 5.32 Å². The first-order valence-electron chi connectivity index (χ1n) is 6.69. The number of piperazine rings is 1. The maximum atomic E-state index is 12.3. The van der Waals surface area contributed by atoms with Crippen molar-refractivity contribution in [2.24, 2.45) is 5.92 Å². The molecule has 1 saturated heterocycles. The lowest BCUT2D eigenvalue weighted by molar-refractivity contribution is -0.151. The Morgan fingerprint density at radius 1 is 1.39 bits per heavy atom. The summed E-state index contributed by atoms with van der Waals surface area (Å²) in [7, 11) is 0. The molecule has 1 rings (SSSR count). The Kier molecular flexibility index (Phi) is 5.56. The quantitative estimate of drug-likeness (QED) is 0.785. The van der Waals surface area contributed by atoms with Crippen LogP contribution in [0.3, 0.4) is 0 Å².